The van der Waals surface area contributed by atoms with E-state index < -0.39 is 34.7 Å². The number of rotatable bonds is 7. The Hall–Kier alpha value is -4.04. The summed E-state index contributed by atoms with van der Waals surface area (Å²) in [5.74, 6) is -1.11. The maximum absolute atomic E-state index is 15.1. The molecule has 2 heterocycles. The zero-order valence-corrected chi connectivity index (χ0v) is 21.4. The zero-order chi connectivity index (χ0) is 27.8. The van der Waals surface area contributed by atoms with Gasteiger partial charge in [0.1, 0.15) is 11.6 Å². The van der Waals surface area contributed by atoms with Gasteiger partial charge >= 0.3 is 6.18 Å². The smallest absolute Gasteiger partial charge is 0.419 e. The van der Waals surface area contributed by atoms with Gasteiger partial charge in [-0.05, 0) is 68.1 Å². The van der Waals surface area contributed by atoms with E-state index in [1.807, 2.05) is 30.3 Å². The summed E-state index contributed by atoms with van der Waals surface area (Å²) in [5.41, 5.74) is -1.96. The van der Waals surface area contributed by atoms with Crippen molar-refractivity contribution in [3.05, 3.63) is 83.4 Å². The van der Waals surface area contributed by atoms with Crippen LogP contribution in [0.4, 0.5) is 28.9 Å². The highest BCUT2D eigenvalue weighted by molar-refractivity contribution is 7.81. The number of anilines is 2. The molecule has 0 atom stereocenters. The molecule has 11 heteroatoms. The van der Waals surface area contributed by atoms with Crippen LogP contribution in [0.5, 0.6) is 5.75 Å². The van der Waals surface area contributed by atoms with Gasteiger partial charge in [0, 0.05) is 11.8 Å². The fourth-order valence-electron chi connectivity index (χ4n) is 4.94. The van der Waals surface area contributed by atoms with Crippen LogP contribution in [0.3, 0.4) is 0 Å². The Kier molecular flexibility index (Phi) is 6.99. The molecule has 3 aromatic rings. The SMILES string of the molecule is N#Cc1ncc(N2C(=O)C3(CCC3)N(c3ccc(OCCCc4ccccc4)c(F)c3)C2=S)cc1C(F)(F)F. The van der Waals surface area contributed by atoms with Crippen LogP contribution in [-0.2, 0) is 17.4 Å². The maximum Gasteiger partial charge on any atom is 0.419 e. The monoisotopic (exact) mass is 554 g/mol. The summed E-state index contributed by atoms with van der Waals surface area (Å²) in [6.07, 6.45) is -0.873. The summed E-state index contributed by atoms with van der Waals surface area (Å²) < 4.78 is 61.4. The van der Waals surface area contributed by atoms with Crippen molar-refractivity contribution in [2.75, 3.05) is 16.4 Å². The minimum atomic E-state index is -4.85. The maximum atomic E-state index is 15.1. The molecule has 0 bridgehead atoms. The number of nitriles is 1. The van der Waals surface area contributed by atoms with E-state index in [2.05, 4.69) is 4.98 Å². The molecular weight excluding hydrogens is 532 g/mol. The van der Waals surface area contributed by atoms with Crippen molar-refractivity contribution < 1.29 is 27.1 Å². The van der Waals surface area contributed by atoms with Gasteiger partial charge in [0.2, 0.25) is 0 Å². The molecule has 0 N–H and O–H groups in total. The summed E-state index contributed by atoms with van der Waals surface area (Å²) in [4.78, 5) is 19.7. The Bertz CT molecular complexity index is 1470. The lowest BCUT2D eigenvalue weighted by atomic mass is 9.75. The van der Waals surface area contributed by atoms with Crippen LogP contribution in [0.1, 0.15) is 42.5 Å². The molecule has 1 saturated carbocycles. The highest BCUT2D eigenvalue weighted by atomic mass is 32.1. The fraction of sp³-hybridized carbons (Fsp3) is 0.286. The number of aryl methyl sites for hydroxylation is 1. The van der Waals surface area contributed by atoms with Crippen molar-refractivity contribution in [3.8, 4) is 11.8 Å². The predicted octanol–water partition coefficient (Wildman–Crippen LogP) is 6.18. The second-order valence-corrected chi connectivity index (χ2v) is 9.76. The van der Waals surface area contributed by atoms with Gasteiger partial charge in [0.15, 0.2) is 22.4 Å². The minimum Gasteiger partial charge on any atom is -0.491 e. The first-order chi connectivity index (χ1) is 18.7. The summed E-state index contributed by atoms with van der Waals surface area (Å²) in [6.45, 7) is 0.302. The molecule has 1 spiro atoms. The molecule has 0 radical (unpaired) electrons. The van der Waals surface area contributed by atoms with E-state index in [0.717, 1.165) is 23.1 Å². The Balaban J connectivity index is 1.38. The summed E-state index contributed by atoms with van der Waals surface area (Å²) >= 11 is 5.56. The second kappa shape index (κ2) is 10.3. The first kappa shape index (κ1) is 26.6. The number of benzene rings is 2. The molecule has 1 aliphatic heterocycles. The minimum absolute atomic E-state index is 0.0499. The number of carbonyl (C=O) groups excluding carboxylic acids is 1. The Labute approximate surface area is 227 Å². The zero-order valence-electron chi connectivity index (χ0n) is 20.5. The molecular formula is C28H22F4N4O2S. The van der Waals surface area contributed by atoms with Gasteiger partial charge in [-0.2, -0.15) is 18.4 Å². The number of halogens is 4. The number of nitrogens with zero attached hydrogens (tertiary/aromatic N) is 4. The summed E-state index contributed by atoms with van der Waals surface area (Å²) in [6, 6.07) is 16.2. The van der Waals surface area contributed by atoms with Crippen molar-refractivity contribution >= 4 is 34.6 Å². The number of pyridine rings is 1. The van der Waals surface area contributed by atoms with Crippen LogP contribution in [0.25, 0.3) is 0 Å². The van der Waals surface area contributed by atoms with E-state index in [4.69, 9.17) is 22.2 Å². The fourth-order valence-corrected chi connectivity index (χ4v) is 5.41. The number of hydrogen-bond donors (Lipinski definition) is 0. The number of aromatic nitrogens is 1. The van der Waals surface area contributed by atoms with E-state index >= 15 is 4.39 Å². The van der Waals surface area contributed by atoms with Crippen molar-refractivity contribution in [2.45, 2.75) is 43.8 Å². The van der Waals surface area contributed by atoms with Crippen LogP contribution in [0, 0.1) is 17.1 Å². The molecule has 1 aliphatic carbocycles. The lowest BCUT2D eigenvalue weighted by Crippen LogP contribution is -2.55. The van der Waals surface area contributed by atoms with E-state index in [0.29, 0.717) is 44.0 Å². The van der Waals surface area contributed by atoms with Gasteiger partial charge in [-0.25, -0.2) is 9.37 Å². The lowest BCUT2D eigenvalue weighted by molar-refractivity contribution is -0.138. The summed E-state index contributed by atoms with van der Waals surface area (Å²) in [5, 5.41) is 8.97. The summed E-state index contributed by atoms with van der Waals surface area (Å²) in [7, 11) is 0. The number of ether oxygens (including phenoxy) is 1. The van der Waals surface area contributed by atoms with Crippen molar-refractivity contribution in [3.63, 3.8) is 0 Å². The molecule has 2 aromatic carbocycles. The number of alkyl halides is 3. The second-order valence-electron chi connectivity index (χ2n) is 9.40. The molecule has 6 nitrogen and oxygen atoms in total. The van der Waals surface area contributed by atoms with E-state index in [1.54, 1.807) is 6.07 Å². The van der Waals surface area contributed by atoms with Crippen molar-refractivity contribution in [2.24, 2.45) is 0 Å². The van der Waals surface area contributed by atoms with Crippen molar-refractivity contribution in [1.29, 1.82) is 5.26 Å². The highest BCUT2D eigenvalue weighted by Crippen LogP contribution is 2.48. The standard InChI is InChI=1S/C28H22F4N4O2S/c29-22-15-19(9-10-24(22)38-13-4-8-18-6-2-1-3-7-18)36-26(39)35(25(37)27(36)11-5-12-27)20-14-21(28(30,31)32)23(16-33)34-17-20/h1-3,6-7,9-10,14-15,17H,4-5,8,11-13H2. The predicted molar refractivity (Wildman–Crippen MR) is 140 cm³/mol. The number of thiocarbonyl (C=S) groups is 1. The van der Waals surface area contributed by atoms with Crippen LogP contribution < -0.4 is 14.5 Å². The van der Waals surface area contributed by atoms with Crippen molar-refractivity contribution in [1.82, 2.24) is 4.98 Å². The molecule has 1 saturated heterocycles. The first-order valence-electron chi connectivity index (χ1n) is 12.3. The Morgan fingerprint density at radius 1 is 1.10 bits per heavy atom. The Morgan fingerprint density at radius 3 is 2.46 bits per heavy atom. The molecule has 1 amide bonds. The average Bonchev–Trinajstić information content (AvgIpc) is 3.13. The molecule has 5 rings (SSSR count). The topological polar surface area (TPSA) is 69.5 Å². The van der Waals surface area contributed by atoms with E-state index in [-0.39, 0.29) is 16.5 Å². The first-order valence-corrected chi connectivity index (χ1v) is 12.7. The van der Waals surface area contributed by atoms with Gasteiger partial charge in [0.05, 0.1) is 24.1 Å². The average molecular weight is 555 g/mol. The molecule has 2 aliphatic rings. The van der Waals surface area contributed by atoms with Gasteiger partial charge < -0.3 is 9.64 Å². The Morgan fingerprint density at radius 2 is 1.85 bits per heavy atom. The molecule has 2 fully saturated rings. The van der Waals surface area contributed by atoms with Gasteiger partial charge in [-0.15, -0.1) is 0 Å². The lowest BCUT2D eigenvalue weighted by Gasteiger charge is -2.43. The quantitative estimate of drug-likeness (QED) is 0.197. The largest absolute Gasteiger partial charge is 0.491 e. The molecule has 39 heavy (non-hydrogen) atoms. The van der Waals surface area contributed by atoms with Gasteiger partial charge in [-0.1, -0.05) is 30.3 Å². The number of carbonyl (C=O) groups is 1. The third-order valence-electron chi connectivity index (χ3n) is 7.02. The van der Waals surface area contributed by atoms with Crippen LogP contribution in [0.15, 0.2) is 60.8 Å². The van der Waals surface area contributed by atoms with Gasteiger partial charge in [-0.3, -0.25) is 9.69 Å². The van der Waals surface area contributed by atoms with Gasteiger partial charge in [0.25, 0.3) is 5.91 Å². The van der Waals surface area contributed by atoms with E-state index in [9.17, 15) is 18.0 Å². The molecule has 200 valence electrons. The normalized spacial score (nSPS) is 16.4. The number of hydrogen-bond acceptors (Lipinski definition) is 5. The van der Waals surface area contributed by atoms with Crippen LogP contribution in [-0.4, -0.2) is 28.1 Å². The van der Waals surface area contributed by atoms with Crippen LogP contribution >= 0.6 is 12.2 Å². The van der Waals surface area contributed by atoms with E-state index in [1.165, 1.54) is 23.1 Å². The highest BCUT2D eigenvalue weighted by Gasteiger charge is 2.59. The molecule has 0 unspecified atom stereocenters. The molecule has 1 aromatic heterocycles. The van der Waals surface area contributed by atoms with Crippen LogP contribution in [0.2, 0.25) is 0 Å². The third kappa shape index (κ3) is 4.81. The number of amides is 1. The third-order valence-corrected chi connectivity index (χ3v) is 7.38.